The van der Waals surface area contributed by atoms with Crippen LogP contribution in [0.15, 0.2) is 41.7 Å². The lowest BCUT2D eigenvalue weighted by molar-refractivity contribution is 0.198. The van der Waals surface area contributed by atoms with Crippen LogP contribution in [0.1, 0.15) is 31.2 Å². The smallest absolute Gasteiger partial charge is 0.191 e. The predicted octanol–water partition coefficient (Wildman–Crippen LogP) is 2.15. The van der Waals surface area contributed by atoms with E-state index in [1.807, 2.05) is 7.05 Å². The fraction of sp³-hybridized carbons (Fsp3) is 0.526. The van der Waals surface area contributed by atoms with Crippen LogP contribution < -0.4 is 10.6 Å². The molecule has 0 bridgehead atoms. The Balaban J connectivity index is 0.00000261. The first-order chi connectivity index (χ1) is 12.7. The van der Waals surface area contributed by atoms with E-state index in [2.05, 4.69) is 67.9 Å². The molecule has 1 aromatic heterocycles. The second kappa shape index (κ2) is 11.2. The second-order valence-electron chi connectivity index (χ2n) is 6.68. The van der Waals surface area contributed by atoms with Gasteiger partial charge < -0.3 is 10.6 Å². The molecule has 1 aromatic carbocycles. The number of piperidine rings is 1. The van der Waals surface area contributed by atoms with Crippen molar-refractivity contribution in [3.8, 4) is 0 Å². The molecule has 0 amide bonds. The van der Waals surface area contributed by atoms with Gasteiger partial charge in [0, 0.05) is 39.3 Å². The van der Waals surface area contributed by atoms with Crippen molar-refractivity contribution in [2.24, 2.45) is 12.0 Å². The van der Waals surface area contributed by atoms with Gasteiger partial charge in [-0.3, -0.25) is 9.58 Å². The van der Waals surface area contributed by atoms with Crippen LogP contribution in [0.25, 0.3) is 0 Å². The van der Waals surface area contributed by atoms with Gasteiger partial charge in [-0.2, -0.15) is 5.10 Å². The summed E-state index contributed by atoms with van der Waals surface area (Å²) in [5.41, 5.74) is 1.39. The molecule has 3 rings (SSSR count). The highest BCUT2D eigenvalue weighted by Crippen LogP contribution is 2.13. The third-order valence-corrected chi connectivity index (χ3v) is 4.71. The summed E-state index contributed by atoms with van der Waals surface area (Å²) in [6.07, 6.45) is 3.82. The highest BCUT2D eigenvalue weighted by atomic mass is 127. The zero-order valence-corrected chi connectivity index (χ0v) is 18.5. The third-order valence-electron chi connectivity index (χ3n) is 4.71. The van der Waals surface area contributed by atoms with Gasteiger partial charge >= 0.3 is 0 Å². The highest BCUT2D eigenvalue weighted by molar-refractivity contribution is 14.0. The van der Waals surface area contributed by atoms with E-state index in [4.69, 9.17) is 0 Å². The van der Waals surface area contributed by atoms with Crippen LogP contribution in [0, 0.1) is 0 Å². The van der Waals surface area contributed by atoms with Crippen molar-refractivity contribution in [2.75, 3.05) is 19.6 Å². The molecule has 1 saturated heterocycles. The van der Waals surface area contributed by atoms with E-state index >= 15 is 0 Å². The van der Waals surface area contributed by atoms with Gasteiger partial charge in [0.15, 0.2) is 5.96 Å². The van der Waals surface area contributed by atoms with Crippen LogP contribution in [0.3, 0.4) is 0 Å². The van der Waals surface area contributed by atoms with Crippen molar-refractivity contribution in [2.45, 2.75) is 38.9 Å². The van der Waals surface area contributed by atoms with E-state index in [9.17, 15) is 0 Å². The van der Waals surface area contributed by atoms with Gasteiger partial charge in [-0.25, -0.2) is 9.98 Å². The molecule has 2 aromatic rings. The van der Waals surface area contributed by atoms with E-state index in [0.29, 0.717) is 12.6 Å². The summed E-state index contributed by atoms with van der Waals surface area (Å²) in [4.78, 5) is 11.4. The lowest BCUT2D eigenvalue weighted by Crippen LogP contribution is -2.48. The topological polar surface area (TPSA) is 70.4 Å². The molecule has 0 spiro atoms. The Kier molecular flexibility index (Phi) is 8.99. The van der Waals surface area contributed by atoms with Crippen LogP contribution in [0.4, 0.5) is 0 Å². The molecule has 0 aliphatic carbocycles. The SMILES string of the molecule is CCNC(=NCc1ncnn1C)NC1CCN(Cc2ccccc2)CC1.I. The number of guanidine groups is 1. The summed E-state index contributed by atoms with van der Waals surface area (Å²) in [5, 5.41) is 11.0. The zero-order chi connectivity index (χ0) is 18.2. The minimum absolute atomic E-state index is 0. The van der Waals surface area contributed by atoms with Crippen LogP contribution in [-0.4, -0.2) is 51.3 Å². The molecule has 1 fully saturated rings. The Bertz CT molecular complexity index is 693. The number of hydrogen-bond acceptors (Lipinski definition) is 4. The monoisotopic (exact) mass is 483 g/mol. The largest absolute Gasteiger partial charge is 0.357 e. The molecular weight excluding hydrogens is 453 g/mol. The Morgan fingerprint density at radius 3 is 2.59 bits per heavy atom. The first kappa shape index (κ1) is 21.6. The molecule has 0 radical (unpaired) electrons. The molecule has 2 N–H and O–H groups in total. The summed E-state index contributed by atoms with van der Waals surface area (Å²) in [7, 11) is 1.89. The maximum atomic E-state index is 4.66. The molecule has 27 heavy (non-hydrogen) atoms. The van der Waals surface area contributed by atoms with Crippen molar-refractivity contribution in [1.29, 1.82) is 0 Å². The third kappa shape index (κ3) is 6.76. The maximum Gasteiger partial charge on any atom is 0.191 e. The minimum Gasteiger partial charge on any atom is -0.357 e. The lowest BCUT2D eigenvalue weighted by atomic mass is 10.0. The average molecular weight is 483 g/mol. The number of aliphatic imine (C=N–C) groups is 1. The first-order valence-corrected chi connectivity index (χ1v) is 9.38. The van der Waals surface area contributed by atoms with Gasteiger partial charge in [-0.15, -0.1) is 24.0 Å². The van der Waals surface area contributed by atoms with Gasteiger partial charge in [0.1, 0.15) is 18.7 Å². The van der Waals surface area contributed by atoms with Crippen molar-refractivity contribution in [3.63, 3.8) is 0 Å². The number of benzene rings is 1. The van der Waals surface area contributed by atoms with Crippen molar-refractivity contribution in [3.05, 3.63) is 48.0 Å². The van der Waals surface area contributed by atoms with E-state index in [1.165, 1.54) is 5.56 Å². The van der Waals surface area contributed by atoms with Gasteiger partial charge in [0.2, 0.25) is 0 Å². The Morgan fingerprint density at radius 1 is 1.22 bits per heavy atom. The van der Waals surface area contributed by atoms with E-state index < -0.39 is 0 Å². The molecule has 1 aliphatic heterocycles. The number of nitrogens with zero attached hydrogens (tertiary/aromatic N) is 5. The minimum atomic E-state index is 0. The fourth-order valence-electron chi connectivity index (χ4n) is 3.20. The average Bonchev–Trinajstić information content (AvgIpc) is 3.07. The van der Waals surface area contributed by atoms with Crippen LogP contribution in [0.5, 0.6) is 0 Å². The summed E-state index contributed by atoms with van der Waals surface area (Å²) < 4.78 is 1.76. The Morgan fingerprint density at radius 2 is 1.96 bits per heavy atom. The summed E-state index contributed by atoms with van der Waals surface area (Å²) in [5.74, 6) is 1.72. The molecule has 0 atom stereocenters. The van der Waals surface area contributed by atoms with Gasteiger partial charge in [-0.1, -0.05) is 30.3 Å². The number of aromatic nitrogens is 3. The predicted molar refractivity (Wildman–Crippen MR) is 119 cm³/mol. The molecule has 8 heteroatoms. The molecule has 7 nitrogen and oxygen atoms in total. The van der Waals surface area contributed by atoms with Crippen molar-refractivity contribution < 1.29 is 0 Å². The van der Waals surface area contributed by atoms with Gasteiger partial charge in [0.05, 0.1) is 0 Å². The lowest BCUT2D eigenvalue weighted by Gasteiger charge is -2.33. The quantitative estimate of drug-likeness (QED) is 0.375. The molecule has 148 valence electrons. The van der Waals surface area contributed by atoms with E-state index in [-0.39, 0.29) is 24.0 Å². The van der Waals surface area contributed by atoms with Crippen LogP contribution in [0.2, 0.25) is 0 Å². The summed E-state index contributed by atoms with van der Waals surface area (Å²) in [6, 6.07) is 11.2. The summed E-state index contributed by atoms with van der Waals surface area (Å²) >= 11 is 0. The Hall–Kier alpha value is -1.68. The van der Waals surface area contributed by atoms with Crippen LogP contribution in [-0.2, 0) is 20.1 Å². The number of hydrogen-bond donors (Lipinski definition) is 2. The zero-order valence-electron chi connectivity index (χ0n) is 16.1. The first-order valence-electron chi connectivity index (χ1n) is 9.38. The maximum absolute atomic E-state index is 4.66. The second-order valence-corrected chi connectivity index (χ2v) is 6.68. The molecule has 2 heterocycles. The number of likely N-dealkylation sites (tertiary alicyclic amines) is 1. The van der Waals surface area contributed by atoms with Gasteiger partial charge in [-0.05, 0) is 25.3 Å². The molecule has 0 saturated carbocycles. The van der Waals surface area contributed by atoms with E-state index in [1.54, 1.807) is 11.0 Å². The van der Waals surface area contributed by atoms with Crippen LogP contribution >= 0.6 is 24.0 Å². The number of rotatable bonds is 6. The summed E-state index contributed by atoms with van der Waals surface area (Å²) in [6.45, 7) is 6.70. The van der Waals surface area contributed by atoms with E-state index in [0.717, 1.165) is 50.8 Å². The molecule has 0 unspecified atom stereocenters. The van der Waals surface area contributed by atoms with Crippen molar-refractivity contribution in [1.82, 2.24) is 30.3 Å². The standard InChI is InChI=1S/C19H29N7.HI/c1-3-20-19(21-13-18-22-15-23-25(18)2)24-17-9-11-26(12-10-17)14-16-7-5-4-6-8-16;/h4-8,15,17H,3,9-14H2,1-2H3,(H2,20,21,24);1H. The number of halogens is 1. The number of aryl methyl sites for hydroxylation is 1. The van der Waals surface area contributed by atoms with Gasteiger partial charge in [0.25, 0.3) is 0 Å². The fourth-order valence-corrected chi connectivity index (χ4v) is 3.20. The molecular formula is C19H30IN7. The Labute approximate surface area is 178 Å². The number of nitrogens with one attached hydrogen (secondary N) is 2. The normalized spacial score (nSPS) is 16.0. The molecule has 1 aliphatic rings. The van der Waals surface area contributed by atoms with Crippen molar-refractivity contribution >= 4 is 29.9 Å². The highest BCUT2D eigenvalue weighted by Gasteiger charge is 2.20.